The Labute approximate surface area is 213 Å². The highest BCUT2D eigenvalue weighted by molar-refractivity contribution is 6.30. The van der Waals surface area contributed by atoms with Gasteiger partial charge in [-0.15, -0.1) is 0 Å². The van der Waals surface area contributed by atoms with Gasteiger partial charge in [0.15, 0.2) is 0 Å². The van der Waals surface area contributed by atoms with Gasteiger partial charge in [-0.05, 0) is 49.1 Å². The first-order chi connectivity index (χ1) is 17.5. The van der Waals surface area contributed by atoms with Crippen LogP contribution in [0.3, 0.4) is 0 Å². The Hall–Kier alpha value is -3.97. The molecule has 1 aliphatic rings. The molecule has 1 saturated carbocycles. The molecular weight excluding hydrogens is 479 g/mol. The fourth-order valence-electron chi connectivity index (χ4n) is 3.98. The molecule has 0 unspecified atom stereocenters. The molecule has 182 valence electrons. The third kappa shape index (κ3) is 5.47. The summed E-state index contributed by atoms with van der Waals surface area (Å²) in [7, 11) is 0. The van der Waals surface area contributed by atoms with Crippen molar-refractivity contribution < 1.29 is 14.0 Å². The van der Waals surface area contributed by atoms with E-state index in [0.29, 0.717) is 29.4 Å². The summed E-state index contributed by atoms with van der Waals surface area (Å²) in [6, 6.07) is 22.8. The monoisotopic (exact) mass is 502 g/mol. The quantitative estimate of drug-likeness (QED) is 0.330. The van der Waals surface area contributed by atoms with Gasteiger partial charge in [0.2, 0.25) is 11.9 Å². The number of nitrogens with one attached hydrogen (secondary N) is 1. The summed E-state index contributed by atoms with van der Waals surface area (Å²) in [5.74, 6) is -0.432. The second kappa shape index (κ2) is 10.3. The molecule has 1 N–H and O–H groups in total. The van der Waals surface area contributed by atoms with Crippen molar-refractivity contribution in [3.05, 3.63) is 101 Å². The van der Waals surface area contributed by atoms with E-state index < -0.39 is 5.82 Å². The molecule has 2 amide bonds. The van der Waals surface area contributed by atoms with Gasteiger partial charge in [0.1, 0.15) is 12.4 Å². The lowest BCUT2D eigenvalue weighted by Gasteiger charge is -2.22. The SMILES string of the molecule is O=C(CN(CC1CC1)C(=O)c1ccccc1)Nc1nc(-c2ccccc2)cn1-c1ccc(F)c(Cl)c1. The van der Waals surface area contributed by atoms with E-state index in [2.05, 4.69) is 10.3 Å². The molecule has 0 saturated heterocycles. The van der Waals surface area contributed by atoms with Crippen LogP contribution in [0, 0.1) is 11.7 Å². The smallest absolute Gasteiger partial charge is 0.254 e. The van der Waals surface area contributed by atoms with Crippen LogP contribution >= 0.6 is 11.6 Å². The van der Waals surface area contributed by atoms with E-state index in [1.54, 1.807) is 46.0 Å². The van der Waals surface area contributed by atoms with Crippen LogP contribution in [0.2, 0.25) is 5.02 Å². The maximum absolute atomic E-state index is 13.8. The topological polar surface area (TPSA) is 67.2 Å². The Bertz CT molecular complexity index is 1390. The molecule has 3 aromatic carbocycles. The van der Waals surface area contributed by atoms with E-state index in [-0.39, 0.29) is 29.3 Å². The summed E-state index contributed by atoms with van der Waals surface area (Å²) in [5, 5.41) is 2.81. The number of benzene rings is 3. The fraction of sp³-hybridized carbons (Fsp3) is 0.179. The standard InChI is InChI=1S/C28H24ClFN4O2/c29-23-15-22(13-14-24(23)30)34-17-25(20-7-3-1-4-8-20)31-28(34)32-26(35)18-33(16-19-11-12-19)27(36)21-9-5-2-6-10-21/h1-10,13-15,17,19H,11-12,16,18H2,(H,31,32,35). The van der Waals surface area contributed by atoms with Crippen molar-refractivity contribution in [2.24, 2.45) is 5.92 Å². The molecule has 36 heavy (non-hydrogen) atoms. The molecule has 0 bridgehead atoms. The second-order valence-corrected chi connectivity index (χ2v) is 9.23. The van der Waals surface area contributed by atoms with Gasteiger partial charge in [0.25, 0.3) is 5.91 Å². The molecule has 1 heterocycles. The highest BCUT2D eigenvalue weighted by Gasteiger charge is 2.29. The van der Waals surface area contributed by atoms with E-state index >= 15 is 0 Å². The molecule has 8 heteroatoms. The molecule has 0 aliphatic heterocycles. The normalized spacial score (nSPS) is 12.8. The molecule has 6 nitrogen and oxygen atoms in total. The first kappa shape index (κ1) is 23.8. The lowest BCUT2D eigenvalue weighted by atomic mass is 10.2. The van der Waals surface area contributed by atoms with Gasteiger partial charge in [-0.2, -0.15) is 0 Å². The number of aromatic nitrogens is 2. The minimum absolute atomic E-state index is 0.0381. The number of hydrogen-bond acceptors (Lipinski definition) is 3. The maximum Gasteiger partial charge on any atom is 0.254 e. The van der Waals surface area contributed by atoms with Crippen LogP contribution < -0.4 is 5.32 Å². The van der Waals surface area contributed by atoms with E-state index in [1.165, 1.54) is 12.1 Å². The number of hydrogen-bond donors (Lipinski definition) is 1. The average molecular weight is 503 g/mol. The van der Waals surface area contributed by atoms with Crippen LogP contribution in [-0.4, -0.2) is 39.4 Å². The van der Waals surface area contributed by atoms with E-state index in [9.17, 15) is 14.0 Å². The number of carbonyl (C=O) groups excluding carboxylic acids is 2. The minimum Gasteiger partial charge on any atom is -0.329 e. The van der Waals surface area contributed by atoms with Crippen LogP contribution in [0.5, 0.6) is 0 Å². The van der Waals surface area contributed by atoms with Gasteiger partial charge in [-0.25, -0.2) is 9.37 Å². The first-order valence-corrected chi connectivity index (χ1v) is 12.1. The van der Waals surface area contributed by atoms with E-state index in [0.717, 1.165) is 18.4 Å². The summed E-state index contributed by atoms with van der Waals surface area (Å²) in [6.45, 7) is 0.417. The molecule has 0 spiro atoms. The number of anilines is 1. The maximum atomic E-state index is 13.8. The number of carbonyl (C=O) groups is 2. The van der Waals surface area contributed by atoms with Crippen molar-refractivity contribution in [3.63, 3.8) is 0 Å². The van der Waals surface area contributed by atoms with Gasteiger partial charge in [-0.3, -0.25) is 19.5 Å². The first-order valence-electron chi connectivity index (χ1n) is 11.7. The highest BCUT2D eigenvalue weighted by atomic mass is 35.5. The lowest BCUT2D eigenvalue weighted by Crippen LogP contribution is -2.39. The van der Waals surface area contributed by atoms with Crippen molar-refractivity contribution in [3.8, 4) is 16.9 Å². The second-order valence-electron chi connectivity index (χ2n) is 8.83. The van der Waals surface area contributed by atoms with Crippen molar-refractivity contribution in [1.82, 2.24) is 14.5 Å². The molecule has 1 aromatic heterocycles. The molecule has 0 radical (unpaired) electrons. The van der Waals surface area contributed by atoms with E-state index in [1.807, 2.05) is 36.4 Å². The number of nitrogens with zero attached hydrogens (tertiary/aromatic N) is 3. The van der Waals surface area contributed by atoms with Crippen LogP contribution in [-0.2, 0) is 4.79 Å². The van der Waals surface area contributed by atoms with Gasteiger partial charge in [-0.1, -0.05) is 60.1 Å². The van der Waals surface area contributed by atoms with Gasteiger partial charge >= 0.3 is 0 Å². The van der Waals surface area contributed by atoms with E-state index in [4.69, 9.17) is 11.6 Å². The molecule has 1 aliphatic carbocycles. The Morgan fingerprint density at radius 2 is 1.72 bits per heavy atom. The molecule has 1 fully saturated rings. The molecule has 4 aromatic rings. The summed E-state index contributed by atoms with van der Waals surface area (Å²) < 4.78 is 15.4. The fourth-order valence-corrected chi connectivity index (χ4v) is 4.16. The van der Waals surface area contributed by atoms with Gasteiger partial charge in [0, 0.05) is 23.9 Å². The van der Waals surface area contributed by atoms with Crippen molar-refractivity contribution in [1.29, 1.82) is 0 Å². The summed E-state index contributed by atoms with van der Waals surface area (Å²) >= 11 is 6.02. The average Bonchev–Trinajstić information content (AvgIpc) is 3.62. The number of rotatable bonds is 8. The predicted octanol–water partition coefficient (Wildman–Crippen LogP) is 5.82. The van der Waals surface area contributed by atoms with Crippen molar-refractivity contribution >= 4 is 29.4 Å². The number of imidazole rings is 1. The zero-order valence-corrected chi connectivity index (χ0v) is 20.2. The number of amides is 2. The minimum atomic E-state index is -0.537. The molecular formula is C28H24ClFN4O2. The number of halogens is 2. The largest absolute Gasteiger partial charge is 0.329 e. The molecule has 5 rings (SSSR count). The van der Waals surface area contributed by atoms with Crippen LogP contribution in [0.15, 0.2) is 85.1 Å². The van der Waals surface area contributed by atoms with Crippen LogP contribution in [0.4, 0.5) is 10.3 Å². The Morgan fingerprint density at radius 3 is 2.39 bits per heavy atom. The Morgan fingerprint density at radius 1 is 1.03 bits per heavy atom. The molecule has 0 atom stereocenters. The predicted molar refractivity (Wildman–Crippen MR) is 138 cm³/mol. The van der Waals surface area contributed by atoms with Crippen LogP contribution in [0.1, 0.15) is 23.2 Å². The van der Waals surface area contributed by atoms with Crippen molar-refractivity contribution in [2.45, 2.75) is 12.8 Å². The Balaban J connectivity index is 1.42. The lowest BCUT2D eigenvalue weighted by molar-refractivity contribution is -0.117. The highest BCUT2D eigenvalue weighted by Crippen LogP contribution is 2.30. The summed E-state index contributed by atoms with van der Waals surface area (Å²) in [4.78, 5) is 32.5. The third-order valence-electron chi connectivity index (χ3n) is 6.03. The Kier molecular flexibility index (Phi) is 6.82. The van der Waals surface area contributed by atoms with Crippen molar-refractivity contribution in [2.75, 3.05) is 18.4 Å². The summed E-state index contributed by atoms with van der Waals surface area (Å²) in [6.07, 6.45) is 3.86. The zero-order valence-electron chi connectivity index (χ0n) is 19.4. The van der Waals surface area contributed by atoms with Crippen LogP contribution in [0.25, 0.3) is 16.9 Å². The summed E-state index contributed by atoms with van der Waals surface area (Å²) in [5.41, 5.74) is 2.57. The van der Waals surface area contributed by atoms with Gasteiger partial charge in [0.05, 0.1) is 16.4 Å². The van der Waals surface area contributed by atoms with Gasteiger partial charge < -0.3 is 4.90 Å². The third-order valence-corrected chi connectivity index (χ3v) is 6.32. The zero-order chi connectivity index (χ0) is 25.1.